The van der Waals surface area contributed by atoms with E-state index >= 15 is 0 Å². The smallest absolute Gasteiger partial charge is 0.344 e. The fraction of sp³-hybridized carbons (Fsp3) is 0.167. The first kappa shape index (κ1) is 21.8. The van der Waals surface area contributed by atoms with Crippen LogP contribution in [0.1, 0.15) is 12.5 Å². The van der Waals surface area contributed by atoms with Gasteiger partial charge in [0.25, 0.3) is 5.91 Å². The Morgan fingerprint density at radius 2 is 1.89 bits per heavy atom. The molecule has 0 aliphatic rings. The predicted octanol–water partition coefficient (Wildman–Crippen LogP) is 4.03. The summed E-state index contributed by atoms with van der Waals surface area (Å²) in [6, 6.07) is 9.41. The second-order valence-corrected chi connectivity index (χ2v) is 6.67. The molecule has 0 unspecified atom stereocenters. The van der Waals surface area contributed by atoms with Crippen molar-refractivity contribution in [3.63, 3.8) is 0 Å². The van der Waals surface area contributed by atoms with Crippen LogP contribution in [0.2, 0.25) is 15.1 Å². The summed E-state index contributed by atoms with van der Waals surface area (Å²) in [6.45, 7) is 1.09. The molecular formula is C18H15Cl3N2O5. The molecule has 0 spiro atoms. The van der Waals surface area contributed by atoms with Crippen LogP contribution in [-0.4, -0.2) is 35.9 Å². The molecule has 0 aliphatic heterocycles. The molecule has 2 rings (SSSR count). The van der Waals surface area contributed by atoms with Crippen molar-refractivity contribution in [2.45, 2.75) is 13.0 Å². The normalized spacial score (nSPS) is 11.9. The third kappa shape index (κ3) is 6.60. The highest BCUT2D eigenvalue weighted by Gasteiger charge is 2.12. The summed E-state index contributed by atoms with van der Waals surface area (Å²) >= 11 is 17.7. The molecule has 1 amide bonds. The number of carboxylic acid groups (broad SMARTS) is 1. The number of amides is 1. The van der Waals surface area contributed by atoms with Gasteiger partial charge in [0.1, 0.15) is 16.5 Å². The lowest BCUT2D eigenvalue weighted by Crippen LogP contribution is -2.24. The summed E-state index contributed by atoms with van der Waals surface area (Å²) in [7, 11) is 0. The van der Waals surface area contributed by atoms with Crippen molar-refractivity contribution < 1.29 is 24.2 Å². The second kappa shape index (κ2) is 10.2. The van der Waals surface area contributed by atoms with Crippen molar-refractivity contribution in [1.82, 2.24) is 5.43 Å². The predicted molar refractivity (Wildman–Crippen MR) is 107 cm³/mol. The number of nitrogens with zero attached hydrogens (tertiary/aromatic N) is 1. The van der Waals surface area contributed by atoms with E-state index in [2.05, 4.69) is 10.5 Å². The van der Waals surface area contributed by atoms with Gasteiger partial charge in [-0.15, -0.1) is 0 Å². The summed E-state index contributed by atoms with van der Waals surface area (Å²) in [5, 5.41) is 13.3. The Kier molecular flexibility index (Phi) is 7.92. The van der Waals surface area contributed by atoms with Crippen molar-refractivity contribution in [1.29, 1.82) is 0 Å². The molecule has 2 N–H and O–H groups in total. The van der Waals surface area contributed by atoms with Crippen LogP contribution in [0.4, 0.5) is 0 Å². The zero-order valence-electron chi connectivity index (χ0n) is 14.5. The van der Waals surface area contributed by atoms with Gasteiger partial charge in [-0.25, -0.2) is 10.2 Å². The Labute approximate surface area is 175 Å². The van der Waals surface area contributed by atoms with Gasteiger partial charge in [-0.05, 0) is 42.8 Å². The molecule has 0 aliphatic carbocycles. The highest BCUT2D eigenvalue weighted by molar-refractivity contribution is 6.44. The number of carbonyl (C=O) groups excluding carboxylic acids is 1. The van der Waals surface area contributed by atoms with Gasteiger partial charge in [-0.1, -0.05) is 34.8 Å². The van der Waals surface area contributed by atoms with E-state index in [0.717, 1.165) is 0 Å². The number of hydrazone groups is 1. The molecule has 0 radical (unpaired) electrons. The second-order valence-electron chi connectivity index (χ2n) is 5.45. The third-order valence-corrected chi connectivity index (χ3v) is 4.26. The maximum Gasteiger partial charge on any atom is 0.344 e. The number of halogens is 3. The fourth-order valence-corrected chi connectivity index (χ4v) is 2.52. The first-order valence-corrected chi connectivity index (χ1v) is 8.98. The average molecular weight is 446 g/mol. The molecule has 2 aromatic rings. The van der Waals surface area contributed by atoms with Crippen LogP contribution in [0.3, 0.4) is 0 Å². The van der Waals surface area contributed by atoms with Crippen molar-refractivity contribution in [3.05, 3.63) is 57.0 Å². The Morgan fingerprint density at radius 3 is 2.54 bits per heavy atom. The minimum atomic E-state index is -1.06. The van der Waals surface area contributed by atoms with Crippen LogP contribution in [-0.2, 0) is 9.59 Å². The van der Waals surface area contributed by atoms with Gasteiger partial charge < -0.3 is 14.6 Å². The Morgan fingerprint density at radius 1 is 1.21 bits per heavy atom. The molecule has 0 aromatic heterocycles. The molecule has 1 atom stereocenters. The molecule has 148 valence electrons. The van der Waals surface area contributed by atoms with Crippen molar-refractivity contribution >= 4 is 52.9 Å². The lowest BCUT2D eigenvalue weighted by atomic mass is 10.2. The van der Waals surface area contributed by atoms with Crippen LogP contribution >= 0.6 is 34.8 Å². The van der Waals surface area contributed by atoms with E-state index in [1.54, 1.807) is 24.3 Å². The van der Waals surface area contributed by atoms with Crippen molar-refractivity contribution in [2.24, 2.45) is 5.10 Å². The van der Waals surface area contributed by atoms with Crippen LogP contribution < -0.4 is 14.9 Å². The number of hydrogen-bond acceptors (Lipinski definition) is 5. The number of nitrogens with one attached hydrogen (secondary N) is 1. The van der Waals surface area contributed by atoms with E-state index in [4.69, 9.17) is 49.4 Å². The van der Waals surface area contributed by atoms with E-state index in [-0.39, 0.29) is 22.4 Å². The van der Waals surface area contributed by atoms with E-state index in [1.807, 2.05) is 0 Å². The van der Waals surface area contributed by atoms with Crippen LogP contribution in [0.25, 0.3) is 0 Å². The third-order valence-electron chi connectivity index (χ3n) is 3.26. The molecule has 0 fully saturated rings. The zero-order chi connectivity index (χ0) is 20.7. The molecule has 0 saturated carbocycles. The molecular weight excluding hydrogens is 431 g/mol. The largest absolute Gasteiger partial charge is 0.482 e. The summed E-state index contributed by atoms with van der Waals surface area (Å²) in [5.41, 5.74) is 2.97. The number of aliphatic carboxylic acids is 1. The van der Waals surface area contributed by atoms with Gasteiger partial charge in [0.15, 0.2) is 12.7 Å². The SMILES string of the molecule is C[C@@H](Oc1ccc(/C=N\NC(=O)COc2cc(Cl)cc(Cl)c2Cl)cc1)C(=O)O. The van der Waals surface area contributed by atoms with Crippen molar-refractivity contribution in [2.75, 3.05) is 6.61 Å². The van der Waals surface area contributed by atoms with Crippen molar-refractivity contribution in [3.8, 4) is 11.5 Å². The molecule has 0 heterocycles. The van der Waals surface area contributed by atoms with Gasteiger partial charge in [-0.3, -0.25) is 4.79 Å². The molecule has 10 heteroatoms. The topological polar surface area (TPSA) is 97.2 Å². The fourth-order valence-electron chi connectivity index (χ4n) is 1.88. The maximum atomic E-state index is 11.8. The number of carboxylic acids is 1. The molecule has 28 heavy (non-hydrogen) atoms. The van der Waals surface area contributed by atoms with Gasteiger partial charge in [0.2, 0.25) is 0 Å². The van der Waals surface area contributed by atoms with Gasteiger partial charge in [0.05, 0.1) is 11.2 Å². The first-order chi connectivity index (χ1) is 13.3. The Bertz CT molecular complexity index is 888. The number of ether oxygens (including phenoxy) is 2. The number of hydrogen-bond donors (Lipinski definition) is 2. The Hall–Kier alpha value is -2.48. The summed E-state index contributed by atoms with van der Waals surface area (Å²) in [4.78, 5) is 22.5. The first-order valence-electron chi connectivity index (χ1n) is 7.85. The van der Waals surface area contributed by atoms with Gasteiger partial charge in [-0.2, -0.15) is 5.10 Å². The van der Waals surface area contributed by atoms with Crippen LogP contribution in [0.15, 0.2) is 41.5 Å². The monoisotopic (exact) mass is 444 g/mol. The van der Waals surface area contributed by atoms with E-state index in [0.29, 0.717) is 16.3 Å². The minimum Gasteiger partial charge on any atom is -0.482 e. The van der Waals surface area contributed by atoms with Crippen LogP contribution in [0.5, 0.6) is 11.5 Å². The van der Waals surface area contributed by atoms with Crippen LogP contribution in [0, 0.1) is 0 Å². The zero-order valence-corrected chi connectivity index (χ0v) is 16.8. The summed E-state index contributed by atoms with van der Waals surface area (Å²) in [5.74, 6) is -0.985. The van der Waals surface area contributed by atoms with E-state index in [9.17, 15) is 9.59 Å². The van der Waals surface area contributed by atoms with Gasteiger partial charge in [0, 0.05) is 11.1 Å². The lowest BCUT2D eigenvalue weighted by molar-refractivity contribution is -0.144. The maximum absolute atomic E-state index is 11.8. The summed E-state index contributed by atoms with van der Waals surface area (Å²) in [6.07, 6.45) is 0.451. The average Bonchev–Trinajstić information content (AvgIpc) is 2.64. The number of rotatable bonds is 8. The quantitative estimate of drug-likeness (QED) is 0.363. The molecule has 7 nitrogen and oxygen atoms in total. The number of carbonyl (C=O) groups is 2. The summed E-state index contributed by atoms with van der Waals surface area (Å²) < 4.78 is 10.5. The molecule has 2 aromatic carbocycles. The Balaban J connectivity index is 1.84. The number of benzene rings is 2. The highest BCUT2D eigenvalue weighted by atomic mass is 35.5. The van der Waals surface area contributed by atoms with E-state index < -0.39 is 18.0 Å². The minimum absolute atomic E-state index is 0.155. The van der Waals surface area contributed by atoms with E-state index in [1.165, 1.54) is 25.3 Å². The van der Waals surface area contributed by atoms with Gasteiger partial charge >= 0.3 is 5.97 Å². The molecule has 0 saturated heterocycles. The molecule has 0 bridgehead atoms. The lowest BCUT2D eigenvalue weighted by Gasteiger charge is -2.10. The highest BCUT2D eigenvalue weighted by Crippen LogP contribution is 2.35. The standard InChI is InChI=1S/C18H15Cl3N2O5/c1-10(18(25)26)28-13-4-2-11(3-5-13)8-22-23-16(24)9-27-15-7-12(19)6-14(20)17(15)21/h2-8,10H,9H2,1H3,(H,23,24)(H,25,26)/b22-8-/t10-/m1/s1.